The minimum Gasteiger partial charge on any atom is -0.498 e. The van der Waals surface area contributed by atoms with Crippen molar-refractivity contribution >= 4 is 6.34 Å². The van der Waals surface area contributed by atoms with Gasteiger partial charge in [0.05, 0.1) is 19.9 Å². The first kappa shape index (κ1) is 5.15. The van der Waals surface area contributed by atoms with Gasteiger partial charge in [0, 0.05) is 0 Å². The molecule has 0 unspecified atom stereocenters. The van der Waals surface area contributed by atoms with Crippen molar-refractivity contribution in [3.63, 3.8) is 0 Å². The van der Waals surface area contributed by atoms with Gasteiger partial charge in [-0.25, -0.2) is 4.99 Å². The van der Waals surface area contributed by atoms with E-state index in [1.807, 2.05) is 0 Å². The second-order valence-corrected chi connectivity index (χ2v) is 1.39. The number of hydrogen-bond acceptors (Lipinski definition) is 3. The first-order chi connectivity index (χ1) is 3.93. The first-order valence-corrected chi connectivity index (χ1v) is 2.34. The highest BCUT2D eigenvalue weighted by molar-refractivity contribution is 5.57. The van der Waals surface area contributed by atoms with Crippen LogP contribution in [-0.4, -0.2) is 20.0 Å². The molecule has 0 spiro atoms. The molecule has 0 aromatic heterocycles. The minimum absolute atomic E-state index is 0.694. The molecule has 1 radical (unpaired) electrons. The summed E-state index contributed by atoms with van der Waals surface area (Å²) in [6, 6.07) is 0. The van der Waals surface area contributed by atoms with Crippen LogP contribution in [0.25, 0.3) is 0 Å². The van der Waals surface area contributed by atoms with Crippen molar-refractivity contribution in [1.29, 1.82) is 0 Å². The molecule has 0 aromatic rings. The van der Waals surface area contributed by atoms with Crippen molar-refractivity contribution in [3.05, 3.63) is 12.0 Å². The SMILES string of the molecule is COC1=CN=[C]NC1. The van der Waals surface area contributed by atoms with E-state index < -0.39 is 0 Å². The molecular weight excluding hydrogens is 104 g/mol. The summed E-state index contributed by atoms with van der Waals surface area (Å²) in [7, 11) is 1.62. The Hall–Kier alpha value is -0.990. The van der Waals surface area contributed by atoms with Gasteiger partial charge in [0.25, 0.3) is 0 Å². The number of aliphatic imine (C=N–C) groups is 1. The Morgan fingerprint density at radius 1 is 2.00 bits per heavy atom. The van der Waals surface area contributed by atoms with Crippen LogP contribution < -0.4 is 5.32 Å². The van der Waals surface area contributed by atoms with Crippen LogP contribution >= 0.6 is 0 Å². The van der Waals surface area contributed by atoms with Gasteiger partial charge in [0.2, 0.25) is 0 Å². The molecule has 3 heteroatoms. The number of nitrogens with one attached hydrogen (secondary N) is 1. The smallest absolute Gasteiger partial charge is 0.169 e. The van der Waals surface area contributed by atoms with Crippen molar-refractivity contribution < 1.29 is 4.74 Å². The zero-order valence-corrected chi connectivity index (χ0v) is 4.64. The number of ether oxygens (including phenoxy) is 1. The second kappa shape index (κ2) is 2.35. The summed E-state index contributed by atoms with van der Waals surface area (Å²) in [4.78, 5) is 3.68. The van der Waals surface area contributed by atoms with Gasteiger partial charge in [-0.05, 0) is 0 Å². The Kier molecular flexibility index (Phi) is 1.51. The minimum atomic E-state index is 0.694. The van der Waals surface area contributed by atoms with Gasteiger partial charge >= 0.3 is 0 Å². The highest BCUT2D eigenvalue weighted by Gasteiger charge is 1.95. The van der Waals surface area contributed by atoms with Crippen molar-refractivity contribution in [2.45, 2.75) is 0 Å². The lowest BCUT2D eigenvalue weighted by molar-refractivity contribution is 0.281. The van der Waals surface area contributed by atoms with E-state index in [-0.39, 0.29) is 0 Å². The van der Waals surface area contributed by atoms with E-state index in [0.717, 1.165) is 5.76 Å². The molecule has 0 saturated heterocycles. The predicted octanol–water partition coefficient (Wildman–Crippen LogP) is -0.0173. The topological polar surface area (TPSA) is 33.6 Å². The monoisotopic (exact) mass is 111 g/mol. The van der Waals surface area contributed by atoms with Crippen LogP contribution in [0.2, 0.25) is 0 Å². The molecule has 1 aliphatic heterocycles. The van der Waals surface area contributed by atoms with E-state index in [2.05, 4.69) is 16.6 Å². The van der Waals surface area contributed by atoms with Crippen LogP contribution in [-0.2, 0) is 4.74 Å². The molecule has 1 heterocycles. The van der Waals surface area contributed by atoms with Gasteiger partial charge in [-0.2, -0.15) is 0 Å². The molecular formula is C5H7N2O. The van der Waals surface area contributed by atoms with Crippen LogP contribution in [0, 0.1) is 0 Å². The molecule has 0 saturated carbocycles. The lowest BCUT2D eigenvalue weighted by Crippen LogP contribution is -2.18. The lowest BCUT2D eigenvalue weighted by Gasteiger charge is -2.05. The average molecular weight is 111 g/mol. The van der Waals surface area contributed by atoms with Crippen molar-refractivity contribution in [1.82, 2.24) is 5.32 Å². The third-order valence-electron chi connectivity index (χ3n) is 0.877. The summed E-state index contributed by atoms with van der Waals surface area (Å²) in [5.41, 5.74) is 0. The molecule has 43 valence electrons. The Morgan fingerprint density at radius 2 is 2.88 bits per heavy atom. The molecule has 1 N–H and O–H groups in total. The molecule has 1 aliphatic rings. The second-order valence-electron chi connectivity index (χ2n) is 1.39. The van der Waals surface area contributed by atoms with Crippen LogP contribution in [0.3, 0.4) is 0 Å². The Morgan fingerprint density at radius 3 is 3.25 bits per heavy atom. The van der Waals surface area contributed by atoms with Gasteiger partial charge in [-0.15, -0.1) is 0 Å². The third kappa shape index (κ3) is 0.992. The van der Waals surface area contributed by atoms with Crippen LogP contribution in [0.5, 0.6) is 0 Å². The summed E-state index contributed by atoms with van der Waals surface area (Å²) >= 11 is 0. The maximum atomic E-state index is 4.86. The van der Waals surface area contributed by atoms with Gasteiger partial charge in [-0.1, -0.05) is 0 Å². The number of methoxy groups -OCH3 is 1. The molecule has 0 amide bonds. The first-order valence-electron chi connectivity index (χ1n) is 2.34. The number of nitrogens with zero attached hydrogens (tertiary/aromatic N) is 1. The molecule has 0 bridgehead atoms. The van der Waals surface area contributed by atoms with E-state index in [0.29, 0.717) is 6.54 Å². The fourth-order valence-electron chi connectivity index (χ4n) is 0.447. The highest BCUT2D eigenvalue weighted by Crippen LogP contribution is 1.94. The van der Waals surface area contributed by atoms with E-state index in [1.165, 1.54) is 0 Å². The summed E-state index contributed by atoms with van der Waals surface area (Å²) in [5.74, 6) is 0.837. The average Bonchev–Trinajstić information content (AvgIpc) is 1.90. The summed E-state index contributed by atoms with van der Waals surface area (Å²) in [6.45, 7) is 0.694. The fraction of sp³-hybridized carbons (Fsp3) is 0.400. The van der Waals surface area contributed by atoms with E-state index in [4.69, 9.17) is 4.74 Å². The lowest BCUT2D eigenvalue weighted by atomic mass is 10.5. The van der Waals surface area contributed by atoms with E-state index in [1.54, 1.807) is 13.3 Å². The summed E-state index contributed by atoms with van der Waals surface area (Å²) in [6.07, 6.45) is 4.20. The number of hydrogen-bond donors (Lipinski definition) is 1. The molecule has 0 aliphatic carbocycles. The van der Waals surface area contributed by atoms with Crippen molar-refractivity contribution in [2.75, 3.05) is 13.7 Å². The highest BCUT2D eigenvalue weighted by atomic mass is 16.5. The molecule has 0 aromatic carbocycles. The van der Waals surface area contributed by atoms with Crippen LogP contribution in [0.4, 0.5) is 0 Å². The van der Waals surface area contributed by atoms with Crippen LogP contribution in [0.15, 0.2) is 17.0 Å². The quantitative estimate of drug-likeness (QED) is 0.516. The maximum absolute atomic E-state index is 4.86. The Balaban J connectivity index is 2.50. The molecule has 8 heavy (non-hydrogen) atoms. The molecule has 1 rings (SSSR count). The van der Waals surface area contributed by atoms with Crippen molar-refractivity contribution in [3.8, 4) is 0 Å². The van der Waals surface area contributed by atoms with Crippen molar-refractivity contribution in [2.24, 2.45) is 4.99 Å². The standard InChI is InChI=1S/C5H7N2O/c1-8-5-2-6-4-7-3-5/h2H,3H2,1H3,(H,6,7). The third-order valence-corrected chi connectivity index (χ3v) is 0.877. The normalized spacial score (nSPS) is 16.9. The van der Waals surface area contributed by atoms with Gasteiger partial charge < -0.3 is 10.1 Å². The van der Waals surface area contributed by atoms with E-state index >= 15 is 0 Å². The van der Waals surface area contributed by atoms with E-state index in [9.17, 15) is 0 Å². The summed E-state index contributed by atoms with van der Waals surface area (Å²) < 4.78 is 4.86. The molecule has 0 fully saturated rings. The fourth-order valence-corrected chi connectivity index (χ4v) is 0.447. The molecule has 3 nitrogen and oxygen atoms in total. The van der Waals surface area contributed by atoms with Crippen LogP contribution in [0.1, 0.15) is 0 Å². The number of rotatable bonds is 1. The summed E-state index contributed by atoms with van der Waals surface area (Å²) in [5, 5.41) is 2.78. The van der Waals surface area contributed by atoms with Gasteiger partial charge in [0.15, 0.2) is 6.34 Å². The maximum Gasteiger partial charge on any atom is 0.169 e. The zero-order valence-electron chi connectivity index (χ0n) is 4.64. The van der Waals surface area contributed by atoms with Gasteiger partial charge in [0.1, 0.15) is 5.76 Å². The predicted molar refractivity (Wildman–Crippen MR) is 30.5 cm³/mol. The molecule has 0 atom stereocenters. The Labute approximate surface area is 48.1 Å². The zero-order chi connectivity index (χ0) is 5.82. The van der Waals surface area contributed by atoms with Gasteiger partial charge in [-0.3, -0.25) is 0 Å². The largest absolute Gasteiger partial charge is 0.498 e. The Bertz CT molecular complexity index is 128.